The quantitative estimate of drug-likeness (QED) is 0.861. The minimum absolute atomic E-state index is 0. The molecule has 1 saturated heterocycles. The third-order valence-corrected chi connectivity index (χ3v) is 5.67. The lowest BCUT2D eigenvalue weighted by atomic mass is 9.96. The second-order valence-electron chi connectivity index (χ2n) is 7.49. The van der Waals surface area contributed by atoms with E-state index in [4.69, 9.17) is 0 Å². The van der Waals surface area contributed by atoms with Crippen molar-refractivity contribution in [1.82, 2.24) is 4.90 Å². The molecule has 1 unspecified atom stereocenters. The van der Waals surface area contributed by atoms with E-state index in [1.807, 2.05) is 0 Å². The molecule has 4 heteroatoms. The molecule has 4 rings (SSSR count). The molecule has 26 heavy (non-hydrogen) atoms. The number of para-hydroxylation sites is 1. The van der Waals surface area contributed by atoms with E-state index in [0.29, 0.717) is 6.04 Å². The molecule has 0 spiro atoms. The van der Waals surface area contributed by atoms with Crippen molar-refractivity contribution in [3.05, 3.63) is 59.7 Å². The number of nitrogens with zero attached hydrogens (tertiary/aromatic N) is 2. The highest BCUT2D eigenvalue weighted by atomic mass is 35.5. The standard InChI is InChI=1S/C22H29N3.ClH/c1-18-5-4-7-21(17-18)25-15-13-24(14-16-25)12-11-20-10-9-19-6-2-3-8-22(19)23-20;/h2-8,17,20,23H,9-16H2,1H3;1H. The summed E-state index contributed by atoms with van der Waals surface area (Å²) in [5.41, 5.74) is 5.56. The lowest BCUT2D eigenvalue weighted by Crippen LogP contribution is -2.47. The summed E-state index contributed by atoms with van der Waals surface area (Å²) >= 11 is 0. The van der Waals surface area contributed by atoms with Crippen molar-refractivity contribution in [2.45, 2.75) is 32.2 Å². The van der Waals surface area contributed by atoms with Crippen molar-refractivity contribution in [2.24, 2.45) is 0 Å². The van der Waals surface area contributed by atoms with Crippen LogP contribution in [-0.2, 0) is 6.42 Å². The van der Waals surface area contributed by atoms with Crippen molar-refractivity contribution < 1.29 is 0 Å². The average molecular weight is 372 g/mol. The van der Waals surface area contributed by atoms with Gasteiger partial charge in [-0.05, 0) is 55.5 Å². The summed E-state index contributed by atoms with van der Waals surface area (Å²) in [6.45, 7) is 8.03. The van der Waals surface area contributed by atoms with Gasteiger partial charge in [-0.25, -0.2) is 0 Å². The number of piperazine rings is 1. The Hall–Kier alpha value is -1.71. The maximum absolute atomic E-state index is 3.74. The third kappa shape index (κ3) is 4.52. The molecule has 0 amide bonds. The molecular weight excluding hydrogens is 342 g/mol. The van der Waals surface area contributed by atoms with Crippen LogP contribution < -0.4 is 10.2 Å². The van der Waals surface area contributed by atoms with E-state index in [1.54, 1.807) is 0 Å². The van der Waals surface area contributed by atoms with Crippen LogP contribution in [0.1, 0.15) is 24.0 Å². The zero-order chi connectivity index (χ0) is 17.1. The first-order valence-electron chi connectivity index (χ1n) is 9.66. The van der Waals surface area contributed by atoms with Crippen LogP contribution in [0.4, 0.5) is 11.4 Å². The summed E-state index contributed by atoms with van der Waals surface area (Å²) < 4.78 is 0. The largest absolute Gasteiger partial charge is 0.382 e. The molecule has 1 atom stereocenters. The van der Waals surface area contributed by atoms with Crippen LogP contribution in [0.3, 0.4) is 0 Å². The first kappa shape index (κ1) is 19.1. The molecule has 140 valence electrons. The summed E-state index contributed by atoms with van der Waals surface area (Å²) in [7, 11) is 0. The van der Waals surface area contributed by atoms with E-state index >= 15 is 0 Å². The molecule has 1 fully saturated rings. The molecule has 2 aliphatic heterocycles. The molecule has 2 aromatic carbocycles. The van der Waals surface area contributed by atoms with Gasteiger partial charge in [0.05, 0.1) is 0 Å². The highest BCUT2D eigenvalue weighted by molar-refractivity contribution is 5.85. The third-order valence-electron chi connectivity index (χ3n) is 5.67. The molecule has 2 aromatic rings. The Kier molecular flexibility index (Phi) is 6.44. The predicted molar refractivity (Wildman–Crippen MR) is 114 cm³/mol. The number of rotatable bonds is 4. The van der Waals surface area contributed by atoms with Gasteiger partial charge < -0.3 is 10.2 Å². The van der Waals surface area contributed by atoms with Crippen LogP contribution in [0.2, 0.25) is 0 Å². The second kappa shape index (κ2) is 8.79. The molecule has 0 bridgehead atoms. The van der Waals surface area contributed by atoms with Crippen LogP contribution in [-0.4, -0.2) is 43.7 Å². The lowest BCUT2D eigenvalue weighted by molar-refractivity contribution is 0.248. The lowest BCUT2D eigenvalue weighted by Gasteiger charge is -2.37. The Labute approximate surface area is 163 Å². The van der Waals surface area contributed by atoms with E-state index in [-0.39, 0.29) is 12.4 Å². The maximum Gasteiger partial charge on any atom is 0.0374 e. The van der Waals surface area contributed by atoms with Gasteiger partial charge in [-0.3, -0.25) is 4.90 Å². The number of aryl methyl sites for hydroxylation is 2. The fourth-order valence-electron chi connectivity index (χ4n) is 4.11. The average Bonchev–Trinajstić information content (AvgIpc) is 2.66. The Balaban J connectivity index is 0.00000196. The molecule has 0 saturated carbocycles. The summed E-state index contributed by atoms with van der Waals surface area (Å²) in [6, 6.07) is 18.3. The molecule has 0 aromatic heterocycles. The number of halogens is 1. The predicted octanol–water partition coefficient (Wildman–Crippen LogP) is 4.36. The van der Waals surface area contributed by atoms with E-state index in [0.717, 1.165) is 13.1 Å². The maximum atomic E-state index is 3.74. The summed E-state index contributed by atoms with van der Waals surface area (Å²) in [5, 5.41) is 3.74. The summed E-state index contributed by atoms with van der Waals surface area (Å²) in [4.78, 5) is 5.16. The van der Waals surface area contributed by atoms with E-state index in [1.165, 1.54) is 61.4 Å². The van der Waals surface area contributed by atoms with Crippen molar-refractivity contribution in [3.63, 3.8) is 0 Å². The molecule has 3 nitrogen and oxygen atoms in total. The minimum Gasteiger partial charge on any atom is -0.382 e. The first-order chi connectivity index (χ1) is 12.3. The Morgan fingerprint density at radius 1 is 1.00 bits per heavy atom. The fourth-order valence-corrected chi connectivity index (χ4v) is 4.11. The van der Waals surface area contributed by atoms with Gasteiger partial charge in [-0.1, -0.05) is 30.3 Å². The van der Waals surface area contributed by atoms with Crippen LogP contribution in [0, 0.1) is 6.92 Å². The first-order valence-corrected chi connectivity index (χ1v) is 9.66. The summed E-state index contributed by atoms with van der Waals surface area (Å²) in [5.74, 6) is 0. The van der Waals surface area contributed by atoms with Gasteiger partial charge in [0, 0.05) is 50.1 Å². The Morgan fingerprint density at radius 3 is 2.62 bits per heavy atom. The molecule has 0 aliphatic carbocycles. The fraction of sp³-hybridized carbons (Fsp3) is 0.455. The second-order valence-corrected chi connectivity index (χ2v) is 7.49. The van der Waals surface area contributed by atoms with Gasteiger partial charge in [0.15, 0.2) is 0 Å². The zero-order valence-corrected chi connectivity index (χ0v) is 16.5. The number of benzene rings is 2. The number of hydrogen-bond acceptors (Lipinski definition) is 3. The highest BCUT2D eigenvalue weighted by Crippen LogP contribution is 2.26. The molecule has 2 heterocycles. The van der Waals surface area contributed by atoms with E-state index < -0.39 is 0 Å². The SMILES string of the molecule is Cc1cccc(N2CCN(CCC3CCc4ccccc4N3)CC2)c1.Cl. The normalized spacial score (nSPS) is 20.0. The topological polar surface area (TPSA) is 18.5 Å². The zero-order valence-electron chi connectivity index (χ0n) is 15.7. The van der Waals surface area contributed by atoms with E-state index in [2.05, 4.69) is 70.6 Å². The smallest absolute Gasteiger partial charge is 0.0374 e. The van der Waals surface area contributed by atoms with Gasteiger partial charge >= 0.3 is 0 Å². The molecular formula is C22H30ClN3. The highest BCUT2D eigenvalue weighted by Gasteiger charge is 2.21. The van der Waals surface area contributed by atoms with Gasteiger partial charge in [0.25, 0.3) is 0 Å². The molecule has 0 radical (unpaired) electrons. The van der Waals surface area contributed by atoms with Gasteiger partial charge in [-0.15, -0.1) is 12.4 Å². The van der Waals surface area contributed by atoms with Gasteiger partial charge in [0.2, 0.25) is 0 Å². The molecule has 2 aliphatic rings. The number of anilines is 2. The van der Waals surface area contributed by atoms with Crippen LogP contribution in [0.25, 0.3) is 0 Å². The Morgan fingerprint density at radius 2 is 1.81 bits per heavy atom. The van der Waals surface area contributed by atoms with Crippen molar-refractivity contribution in [3.8, 4) is 0 Å². The van der Waals surface area contributed by atoms with Gasteiger partial charge in [-0.2, -0.15) is 0 Å². The van der Waals surface area contributed by atoms with Crippen LogP contribution in [0.15, 0.2) is 48.5 Å². The van der Waals surface area contributed by atoms with Gasteiger partial charge in [0.1, 0.15) is 0 Å². The monoisotopic (exact) mass is 371 g/mol. The number of nitrogens with one attached hydrogen (secondary N) is 1. The van der Waals surface area contributed by atoms with Crippen molar-refractivity contribution in [1.29, 1.82) is 0 Å². The number of fused-ring (bicyclic) bond motifs is 1. The van der Waals surface area contributed by atoms with Crippen molar-refractivity contribution in [2.75, 3.05) is 42.9 Å². The van der Waals surface area contributed by atoms with Crippen LogP contribution >= 0.6 is 12.4 Å². The van der Waals surface area contributed by atoms with Crippen molar-refractivity contribution >= 4 is 23.8 Å². The van der Waals surface area contributed by atoms with Crippen LogP contribution in [0.5, 0.6) is 0 Å². The molecule has 1 N–H and O–H groups in total. The minimum atomic E-state index is 0. The Bertz CT molecular complexity index is 710. The number of hydrogen-bond donors (Lipinski definition) is 1. The van der Waals surface area contributed by atoms with E-state index in [9.17, 15) is 0 Å². The summed E-state index contributed by atoms with van der Waals surface area (Å²) in [6.07, 6.45) is 3.73.